The van der Waals surface area contributed by atoms with E-state index in [9.17, 15) is 0 Å². The smallest absolute Gasteiger partial charge is 0.107 e. The summed E-state index contributed by atoms with van der Waals surface area (Å²) in [5, 5.41) is 6.78. The summed E-state index contributed by atoms with van der Waals surface area (Å²) in [6.45, 7) is 10.4. The van der Waals surface area contributed by atoms with Crippen LogP contribution in [0.25, 0.3) is 0 Å². The summed E-state index contributed by atoms with van der Waals surface area (Å²) in [5.41, 5.74) is 3.95. The van der Waals surface area contributed by atoms with Gasteiger partial charge in [0.15, 0.2) is 0 Å². The highest BCUT2D eigenvalue weighted by Crippen LogP contribution is 2.23. The Bertz CT molecular complexity index is 520. The van der Waals surface area contributed by atoms with E-state index in [1.54, 1.807) is 11.3 Å². The van der Waals surface area contributed by atoms with Gasteiger partial charge in [0.1, 0.15) is 5.01 Å². The predicted molar refractivity (Wildman–Crippen MR) is 82.5 cm³/mol. The lowest BCUT2D eigenvalue weighted by Gasteiger charge is -2.14. The van der Waals surface area contributed by atoms with Crippen LogP contribution < -0.4 is 5.32 Å². The van der Waals surface area contributed by atoms with Gasteiger partial charge in [-0.2, -0.15) is 0 Å². The van der Waals surface area contributed by atoms with Crippen molar-refractivity contribution in [1.82, 2.24) is 10.3 Å². The molecule has 0 fully saturated rings. The molecule has 0 aliphatic carbocycles. The molecule has 0 aliphatic rings. The van der Waals surface area contributed by atoms with Gasteiger partial charge in [0, 0.05) is 23.9 Å². The number of benzene rings is 1. The first-order valence-electron chi connectivity index (χ1n) is 6.66. The minimum atomic E-state index is 0.145. The normalized spacial score (nSPS) is 11.8. The number of thiazole rings is 1. The second kappa shape index (κ2) is 5.85. The first-order chi connectivity index (χ1) is 8.95. The third-order valence-corrected chi connectivity index (χ3v) is 3.89. The van der Waals surface area contributed by atoms with Crippen LogP contribution in [-0.2, 0) is 18.5 Å². The molecule has 1 heterocycles. The summed E-state index contributed by atoms with van der Waals surface area (Å²) in [6, 6.07) is 8.64. The zero-order valence-electron chi connectivity index (χ0n) is 12.2. The fourth-order valence-electron chi connectivity index (χ4n) is 1.76. The van der Waals surface area contributed by atoms with Gasteiger partial charge in [-0.25, -0.2) is 4.98 Å². The number of aromatic nitrogens is 1. The van der Waals surface area contributed by atoms with Crippen molar-refractivity contribution in [1.29, 1.82) is 0 Å². The first kappa shape index (κ1) is 14.2. The minimum absolute atomic E-state index is 0.145. The van der Waals surface area contributed by atoms with Crippen molar-refractivity contribution in [2.45, 2.75) is 46.2 Å². The molecule has 1 N–H and O–H groups in total. The summed E-state index contributed by atoms with van der Waals surface area (Å²) < 4.78 is 0. The fourth-order valence-corrected chi connectivity index (χ4v) is 2.75. The Morgan fingerprint density at radius 3 is 2.37 bits per heavy atom. The molecule has 0 radical (unpaired) electrons. The second-order valence-electron chi connectivity index (χ2n) is 5.97. The number of rotatable bonds is 4. The van der Waals surface area contributed by atoms with Crippen molar-refractivity contribution in [3.8, 4) is 0 Å². The van der Waals surface area contributed by atoms with E-state index in [0.29, 0.717) is 0 Å². The van der Waals surface area contributed by atoms with Crippen LogP contribution in [0.4, 0.5) is 0 Å². The Labute approximate surface area is 119 Å². The second-order valence-corrected chi connectivity index (χ2v) is 6.91. The van der Waals surface area contributed by atoms with Crippen LogP contribution in [0, 0.1) is 6.92 Å². The van der Waals surface area contributed by atoms with E-state index in [-0.39, 0.29) is 5.41 Å². The number of aryl methyl sites for hydroxylation is 1. The molecule has 1 aromatic carbocycles. The van der Waals surface area contributed by atoms with Crippen LogP contribution in [0.1, 0.15) is 42.6 Å². The van der Waals surface area contributed by atoms with Crippen molar-refractivity contribution >= 4 is 11.3 Å². The summed E-state index contributed by atoms with van der Waals surface area (Å²) in [5.74, 6) is 0. The molecule has 0 amide bonds. The number of nitrogens with one attached hydrogen (secondary N) is 1. The molecule has 0 spiro atoms. The zero-order valence-corrected chi connectivity index (χ0v) is 13.0. The molecule has 102 valence electrons. The molecule has 0 bridgehead atoms. The molecular weight excluding hydrogens is 252 g/mol. The SMILES string of the molecule is Cc1ccc(CNCc2nc(C(C)(C)C)cs2)cc1. The average Bonchev–Trinajstić information content (AvgIpc) is 2.80. The average molecular weight is 274 g/mol. The molecule has 0 saturated heterocycles. The highest BCUT2D eigenvalue weighted by molar-refractivity contribution is 7.09. The molecule has 0 aliphatic heterocycles. The van der Waals surface area contributed by atoms with E-state index >= 15 is 0 Å². The standard InChI is InChI=1S/C16H22N2S/c1-12-5-7-13(8-6-12)9-17-10-15-18-14(11-19-15)16(2,3)4/h5-8,11,17H,9-10H2,1-4H3. The van der Waals surface area contributed by atoms with Crippen molar-refractivity contribution in [2.75, 3.05) is 0 Å². The van der Waals surface area contributed by atoms with Gasteiger partial charge in [0.25, 0.3) is 0 Å². The maximum atomic E-state index is 4.68. The molecule has 0 atom stereocenters. The molecule has 3 heteroatoms. The zero-order chi connectivity index (χ0) is 13.9. The number of hydrogen-bond donors (Lipinski definition) is 1. The third kappa shape index (κ3) is 4.15. The van der Waals surface area contributed by atoms with Crippen LogP contribution in [-0.4, -0.2) is 4.98 Å². The van der Waals surface area contributed by atoms with E-state index in [4.69, 9.17) is 0 Å². The molecule has 2 aromatic rings. The Hall–Kier alpha value is -1.19. The lowest BCUT2D eigenvalue weighted by atomic mass is 9.93. The van der Waals surface area contributed by atoms with Crippen LogP contribution in [0.2, 0.25) is 0 Å². The van der Waals surface area contributed by atoms with Crippen LogP contribution in [0.15, 0.2) is 29.6 Å². The van der Waals surface area contributed by atoms with Crippen LogP contribution in [0.3, 0.4) is 0 Å². The maximum absolute atomic E-state index is 4.68. The van der Waals surface area contributed by atoms with Crippen molar-refractivity contribution in [3.05, 3.63) is 51.5 Å². The summed E-state index contributed by atoms with van der Waals surface area (Å²) in [4.78, 5) is 4.68. The van der Waals surface area contributed by atoms with E-state index < -0.39 is 0 Å². The quantitative estimate of drug-likeness (QED) is 0.910. The lowest BCUT2D eigenvalue weighted by Crippen LogP contribution is -2.14. The van der Waals surface area contributed by atoms with Crippen molar-refractivity contribution in [2.24, 2.45) is 0 Å². The molecular formula is C16H22N2S. The van der Waals surface area contributed by atoms with Gasteiger partial charge in [-0.3, -0.25) is 0 Å². The predicted octanol–water partition coefficient (Wildman–Crippen LogP) is 4.04. The van der Waals surface area contributed by atoms with E-state index in [0.717, 1.165) is 18.1 Å². The largest absolute Gasteiger partial charge is 0.306 e. The Morgan fingerprint density at radius 2 is 1.79 bits per heavy atom. The topological polar surface area (TPSA) is 24.9 Å². The Morgan fingerprint density at radius 1 is 1.11 bits per heavy atom. The van der Waals surface area contributed by atoms with Crippen LogP contribution >= 0.6 is 11.3 Å². The summed E-state index contributed by atoms with van der Waals surface area (Å²) in [7, 11) is 0. The Kier molecular flexibility index (Phi) is 4.38. The highest BCUT2D eigenvalue weighted by atomic mass is 32.1. The summed E-state index contributed by atoms with van der Waals surface area (Å²) in [6.07, 6.45) is 0. The molecule has 2 rings (SSSR count). The van der Waals surface area contributed by atoms with Gasteiger partial charge >= 0.3 is 0 Å². The van der Waals surface area contributed by atoms with Gasteiger partial charge in [0.05, 0.1) is 5.69 Å². The van der Waals surface area contributed by atoms with Gasteiger partial charge in [-0.1, -0.05) is 50.6 Å². The molecule has 19 heavy (non-hydrogen) atoms. The third-order valence-electron chi connectivity index (χ3n) is 3.05. The molecule has 1 aromatic heterocycles. The van der Waals surface area contributed by atoms with Gasteiger partial charge in [0.2, 0.25) is 0 Å². The number of nitrogens with zero attached hydrogens (tertiary/aromatic N) is 1. The fraction of sp³-hybridized carbons (Fsp3) is 0.438. The van der Waals surface area contributed by atoms with Gasteiger partial charge in [-0.05, 0) is 12.5 Å². The Balaban J connectivity index is 1.86. The summed E-state index contributed by atoms with van der Waals surface area (Å²) >= 11 is 1.74. The molecule has 0 saturated carbocycles. The van der Waals surface area contributed by atoms with E-state index in [1.807, 2.05) is 0 Å². The van der Waals surface area contributed by atoms with E-state index in [1.165, 1.54) is 16.8 Å². The van der Waals surface area contributed by atoms with Crippen molar-refractivity contribution in [3.63, 3.8) is 0 Å². The monoisotopic (exact) mass is 274 g/mol. The molecule has 0 unspecified atom stereocenters. The van der Waals surface area contributed by atoms with Crippen LogP contribution in [0.5, 0.6) is 0 Å². The first-order valence-corrected chi connectivity index (χ1v) is 7.54. The van der Waals surface area contributed by atoms with E-state index in [2.05, 4.69) is 67.6 Å². The highest BCUT2D eigenvalue weighted by Gasteiger charge is 2.16. The van der Waals surface area contributed by atoms with Crippen molar-refractivity contribution < 1.29 is 0 Å². The lowest BCUT2D eigenvalue weighted by molar-refractivity contribution is 0.568. The minimum Gasteiger partial charge on any atom is -0.306 e. The number of hydrogen-bond acceptors (Lipinski definition) is 3. The molecule has 2 nitrogen and oxygen atoms in total. The van der Waals surface area contributed by atoms with Gasteiger partial charge < -0.3 is 5.32 Å². The maximum Gasteiger partial charge on any atom is 0.107 e. The van der Waals surface area contributed by atoms with Gasteiger partial charge in [-0.15, -0.1) is 11.3 Å².